The second-order valence-corrected chi connectivity index (χ2v) is 11.3. The first-order chi connectivity index (χ1) is 20.4. The first-order valence-corrected chi connectivity index (χ1v) is 14.2. The number of anilines is 3. The first kappa shape index (κ1) is 30.2. The van der Waals surface area contributed by atoms with Crippen molar-refractivity contribution in [2.75, 3.05) is 28.6 Å². The Bertz CT molecular complexity index is 1520. The average Bonchev–Trinajstić information content (AvgIpc) is 3.59. The lowest BCUT2D eigenvalue weighted by Crippen LogP contribution is -2.43. The van der Waals surface area contributed by atoms with Crippen LogP contribution >= 0.6 is 11.3 Å². The van der Waals surface area contributed by atoms with Gasteiger partial charge in [0.1, 0.15) is 27.3 Å². The van der Waals surface area contributed by atoms with Crippen LogP contribution in [-0.4, -0.2) is 63.1 Å². The predicted octanol–water partition coefficient (Wildman–Crippen LogP) is 5.07. The fourth-order valence-electron chi connectivity index (χ4n) is 4.85. The molecular weight excluding hydrogens is 601 g/mol. The van der Waals surface area contributed by atoms with Crippen molar-refractivity contribution in [1.29, 1.82) is 0 Å². The van der Waals surface area contributed by atoms with E-state index < -0.39 is 53.0 Å². The minimum absolute atomic E-state index is 0.208. The number of halogens is 5. The molecule has 1 saturated carbocycles. The minimum Gasteiger partial charge on any atom is -0.465 e. The number of carbonyl (C=O) groups is 3. The van der Waals surface area contributed by atoms with Crippen molar-refractivity contribution in [3.63, 3.8) is 0 Å². The third-order valence-corrected chi connectivity index (χ3v) is 8.04. The number of hydrogen-bond donors (Lipinski definition) is 4. The van der Waals surface area contributed by atoms with Crippen LogP contribution < -0.4 is 20.9 Å². The Morgan fingerprint density at radius 1 is 1.05 bits per heavy atom. The molecule has 0 radical (unpaired) electrons. The summed E-state index contributed by atoms with van der Waals surface area (Å²) in [6, 6.07) is 2.46. The summed E-state index contributed by atoms with van der Waals surface area (Å²) in [6.45, 7) is 1.19. The van der Waals surface area contributed by atoms with Crippen LogP contribution in [0.2, 0.25) is 0 Å². The van der Waals surface area contributed by atoms with Gasteiger partial charge in [-0.3, -0.25) is 14.9 Å². The molecule has 2 aliphatic rings. The molecule has 3 heterocycles. The number of thiazole rings is 1. The Kier molecular flexibility index (Phi) is 8.52. The number of carbonyl (C=O) groups excluding carboxylic acids is 2. The second kappa shape index (κ2) is 12.1. The highest BCUT2D eigenvalue weighted by molar-refractivity contribution is 7.19. The number of aromatic nitrogens is 3. The number of amides is 3. The molecule has 43 heavy (non-hydrogen) atoms. The van der Waals surface area contributed by atoms with E-state index in [1.165, 1.54) is 6.20 Å². The van der Waals surface area contributed by atoms with Gasteiger partial charge in [0.2, 0.25) is 0 Å². The molecule has 11 nitrogen and oxygen atoms in total. The molecule has 4 N–H and O–H groups in total. The quantitative estimate of drug-likeness (QED) is 0.256. The molecule has 17 heteroatoms. The van der Waals surface area contributed by atoms with Crippen molar-refractivity contribution in [3.8, 4) is 10.6 Å². The summed E-state index contributed by atoms with van der Waals surface area (Å²) < 4.78 is 68.9. The van der Waals surface area contributed by atoms with E-state index in [0.29, 0.717) is 49.0 Å². The Labute approximate surface area is 245 Å². The lowest BCUT2D eigenvalue weighted by atomic mass is 10.1. The molecule has 2 fully saturated rings. The summed E-state index contributed by atoms with van der Waals surface area (Å²) >= 11 is 0.582. The molecule has 1 aromatic carbocycles. The van der Waals surface area contributed by atoms with Crippen LogP contribution in [0.15, 0.2) is 24.4 Å². The fourth-order valence-corrected chi connectivity index (χ4v) is 5.85. The summed E-state index contributed by atoms with van der Waals surface area (Å²) in [6.07, 6.45) is -2.16. The summed E-state index contributed by atoms with van der Waals surface area (Å²) in [5.74, 6) is -3.90. The number of carboxylic acid groups (broad SMARTS) is 1. The van der Waals surface area contributed by atoms with Gasteiger partial charge in [-0.25, -0.2) is 23.2 Å². The maximum atomic E-state index is 14.4. The zero-order valence-electron chi connectivity index (χ0n) is 22.4. The van der Waals surface area contributed by atoms with E-state index in [4.69, 9.17) is 0 Å². The highest BCUT2D eigenvalue weighted by Gasteiger charge is 2.40. The molecule has 1 saturated heterocycles. The SMILES string of the molecule is O=C(O)Nc1sc(-c2c(F)cccc2F)nc1C(=O)Nc1cnn(CC2CC2)c1N1CCCC(NC(=O)C(F)(F)F)CC1. The largest absolute Gasteiger partial charge is 0.471 e. The standard InChI is InChI=1S/C26H26F5N7O4S/c27-15-4-1-5-16(28)18(15)21-35-19(22(43-21)36-25(41)42)20(39)34-17-11-32-38(12-13-6-7-13)23(17)37-9-2-3-14(8-10-37)33-24(40)26(29,30)31/h1,4-5,11,13-14,36H,2-3,6-10,12H2,(H,33,40)(H,34,39)(H,41,42). The molecule has 1 aliphatic heterocycles. The average molecular weight is 628 g/mol. The first-order valence-electron chi connectivity index (χ1n) is 13.4. The smallest absolute Gasteiger partial charge is 0.465 e. The molecule has 3 aromatic rings. The van der Waals surface area contributed by atoms with Crippen molar-refractivity contribution in [2.45, 2.75) is 50.9 Å². The van der Waals surface area contributed by atoms with Crippen LogP contribution in [0.3, 0.4) is 0 Å². The van der Waals surface area contributed by atoms with Crippen molar-refractivity contribution >= 4 is 45.8 Å². The van der Waals surface area contributed by atoms with Gasteiger partial charge >= 0.3 is 18.2 Å². The van der Waals surface area contributed by atoms with E-state index in [0.717, 1.165) is 31.0 Å². The van der Waals surface area contributed by atoms with Gasteiger partial charge in [-0.05, 0) is 50.2 Å². The zero-order valence-corrected chi connectivity index (χ0v) is 23.2. The third-order valence-electron chi connectivity index (χ3n) is 7.05. The Balaban J connectivity index is 1.41. The summed E-state index contributed by atoms with van der Waals surface area (Å²) in [4.78, 5) is 42.3. The number of alkyl halides is 3. The number of hydrogen-bond acceptors (Lipinski definition) is 7. The van der Waals surface area contributed by atoms with E-state index in [1.54, 1.807) is 4.68 Å². The lowest BCUT2D eigenvalue weighted by molar-refractivity contribution is -0.174. The van der Waals surface area contributed by atoms with Gasteiger partial charge in [-0.1, -0.05) is 17.4 Å². The van der Waals surface area contributed by atoms with Crippen LogP contribution in [0.4, 0.5) is 43.3 Å². The normalized spacial score (nSPS) is 17.3. The second-order valence-electron chi connectivity index (χ2n) is 10.3. The van der Waals surface area contributed by atoms with Crippen molar-refractivity contribution in [3.05, 3.63) is 41.7 Å². The Morgan fingerprint density at radius 3 is 2.42 bits per heavy atom. The van der Waals surface area contributed by atoms with Gasteiger partial charge < -0.3 is 20.6 Å². The fraction of sp³-hybridized carbons (Fsp3) is 0.423. The molecule has 230 valence electrons. The van der Waals surface area contributed by atoms with Crippen LogP contribution in [0.25, 0.3) is 10.6 Å². The molecule has 0 bridgehead atoms. The minimum atomic E-state index is -4.99. The van der Waals surface area contributed by atoms with Gasteiger partial charge in [0, 0.05) is 25.7 Å². The van der Waals surface area contributed by atoms with Crippen molar-refractivity contribution in [2.24, 2.45) is 5.92 Å². The zero-order chi connectivity index (χ0) is 30.9. The Morgan fingerprint density at radius 2 is 1.77 bits per heavy atom. The third kappa shape index (κ3) is 7.03. The van der Waals surface area contributed by atoms with Gasteiger partial charge in [0.25, 0.3) is 5.91 Å². The van der Waals surface area contributed by atoms with E-state index in [1.807, 2.05) is 15.5 Å². The maximum absolute atomic E-state index is 14.4. The highest BCUT2D eigenvalue weighted by atomic mass is 32.1. The van der Waals surface area contributed by atoms with Crippen LogP contribution in [-0.2, 0) is 11.3 Å². The number of nitrogens with one attached hydrogen (secondary N) is 3. The number of benzene rings is 1. The van der Waals surface area contributed by atoms with Crippen molar-refractivity contribution in [1.82, 2.24) is 20.1 Å². The molecule has 3 amide bonds. The number of nitrogens with zero attached hydrogens (tertiary/aromatic N) is 4. The molecule has 1 aliphatic carbocycles. The van der Waals surface area contributed by atoms with Crippen molar-refractivity contribution < 1.29 is 41.4 Å². The maximum Gasteiger partial charge on any atom is 0.471 e. The van der Waals surface area contributed by atoms with E-state index in [-0.39, 0.29) is 28.7 Å². The molecule has 2 aromatic heterocycles. The van der Waals surface area contributed by atoms with Gasteiger partial charge in [-0.2, -0.15) is 18.3 Å². The van der Waals surface area contributed by atoms with Gasteiger partial charge in [0.15, 0.2) is 11.5 Å². The lowest BCUT2D eigenvalue weighted by Gasteiger charge is -2.25. The highest BCUT2D eigenvalue weighted by Crippen LogP contribution is 2.38. The monoisotopic (exact) mass is 627 g/mol. The van der Waals surface area contributed by atoms with Crippen LogP contribution in [0, 0.1) is 17.6 Å². The molecule has 1 atom stereocenters. The van der Waals surface area contributed by atoms with E-state index >= 15 is 0 Å². The van der Waals surface area contributed by atoms with Crippen LogP contribution in [0.5, 0.6) is 0 Å². The van der Waals surface area contributed by atoms with Gasteiger partial charge in [0.05, 0.1) is 11.8 Å². The summed E-state index contributed by atoms with van der Waals surface area (Å²) in [7, 11) is 0. The summed E-state index contributed by atoms with van der Waals surface area (Å²) in [5.41, 5.74) is -0.706. The van der Waals surface area contributed by atoms with Gasteiger partial charge in [-0.15, -0.1) is 0 Å². The number of rotatable bonds is 8. The molecule has 1 unspecified atom stereocenters. The molecular formula is C26H26F5N7O4S. The summed E-state index contributed by atoms with van der Waals surface area (Å²) in [5, 5.41) is 19.9. The predicted molar refractivity (Wildman–Crippen MR) is 146 cm³/mol. The van der Waals surface area contributed by atoms with Crippen LogP contribution in [0.1, 0.15) is 42.6 Å². The molecule has 5 rings (SSSR count). The van der Waals surface area contributed by atoms with E-state index in [9.17, 15) is 41.4 Å². The van der Waals surface area contributed by atoms with E-state index in [2.05, 4.69) is 15.4 Å². The topological polar surface area (TPSA) is 141 Å². The molecule has 0 spiro atoms. The Hall–Kier alpha value is -4.28.